The Bertz CT molecular complexity index is 1070. The Kier molecular flexibility index (Phi) is 4.82. The van der Waals surface area contributed by atoms with E-state index in [1.54, 1.807) is 12.4 Å². The van der Waals surface area contributed by atoms with Crippen molar-refractivity contribution in [1.82, 2.24) is 29.7 Å². The maximum Gasteiger partial charge on any atom is 0.277 e. The summed E-state index contributed by atoms with van der Waals surface area (Å²) in [6.07, 6.45) is 10.7. The van der Waals surface area contributed by atoms with Crippen LogP contribution in [0.1, 0.15) is 41.1 Å². The van der Waals surface area contributed by atoms with Crippen LogP contribution in [0, 0.1) is 19.8 Å². The molecule has 0 aromatic carbocycles. The van der Waals surface area contributed by atoms with Crippen LogP contribution < -0.4 is 15.5 Å². The summed E-state index contributed by atoms with van der Waals surface area (Å²) >= 11 is 0. The van der Waals surface area contributed by atoms with Gasteiger partial charge in [0.15, 0.2) is 5.65 Å². The first kappa shape index (κ1) is 18.9. The van der Waals surface area contributed by atoms with Crippen LogP contribution in [-0.2, 0) is 0 Å². The average Bonchev–Trinajstić information content (AvgIpc) is 3.30. The number of carbonyl (C=O) groups excluding carboxylic acids is 1. The van der Waals surface area contributed by atoms with Crippen molar-refractivity contribution in [2.45, 2.75) is 39.2 Å². The molecular formula is C21H26N8O. The molecule has 3 aromatic rings. The number of nitrogens with zero attached hydrogens (tertiary/aromatic N) is 6. The largest absolute Gasteiger partial charge is 0.354 e. The summed E-state index contributed by atoms with van der Waals surface area (Å²) in [7, 11) is 0. The van der Waals surface area contributed by atoms with Gasteiger partial charge < -0.3 is 19.9 Å². The highest BCUT2D eigenvalue weighted by molar-refractivity contribution is 6.02. The summed E-state index contributed by atoms with van der Waals surface area (Å²) in [5.41, 5.74) is 2.70. The molecule has 9 heteroatoms. The number of amides is 1. The molecule has 4 heterocycles. The van der Waals surface area contributed by atoms with Gasteiger partial charge in [0, 0.05) is 25.3 Å². The van der Waals surface area contributed by atoms with Gasteiger partial charge in [-0.2, -0.15) is 0 Å². The van der Waals surface area contributed by atoms with Gasteiger partial charge >= 0.3 is 0 Å². The van der Waals surface area contributed by atoms with E-state index in [2.05, 4.69) is 35.5 Å². The van der Waals surface area contributed by atoms with Gasteiger partial charge in [0.2, 0.25) is 0 Å². The van der Waals surface area contributed by atoms with E-state index in [0.29, 0.717) is 11.9 Å². The minimum atomic E-state index is -0.331. The Labute approximate surface area is 175 Å². The lowest BCUT2D eigenvalue weighted by Gasteiger charge is -2.17. The van der Waals surface area contributed by atoms with E-state index >= 15 is 0 Å². The summed E-state index contributed by atoms with van der Waals surface area (Å²) in [6.45, 7) is 6.81. The molecule has 5 rings (SSSR count). The Balaban J connectivity index is 1.22. The minimum Gasteiger partial charge on any atom is -0.354 e. The zero-order valence-electron chi connectivity index (χ0n) is 17.3. The lowest BCUT2D eigenvalue weighted by atomic mass is 10.2. The first-order valence-corrected chi connectivity index (χ1v) is 10.5. The van der Waals surface area contributed by atoms with E-state index < -0.39 is 0 Å². The Morgan fingerprint density at radius 1 is 1.13 bits per heavy atom. The van der Waals surface area contributed by atoms with Crippen molar-refractivity contribution >= 4 is 23.2 Å². The second kappa shape index (κ2) is 7.64. The highest BCUT2D eigenvalue weighted by Gasteiger charge is 2.27. The fourth-order valence-electron chi connectivity index (χ4n) is 3.91. The van der Waals surface area contributed by atoms with Gasteiger partial charge in [-0.05, 0) is 45.6 Å². The van der Waals surface area contributed by atoms with E-state index in [1.165, 1.54) is 19.0 Å². The van der Waals surface area contributed by atoms with Crippen molar-refractivity contribution in [2.75, 3.05) is 29.9 Å². The first-order chi connectivity index (χ1) is 14.5. The average molecular weight is 406 g/mol. The molecule has 1 amide bonds. The van der Waals surface area contributed by atoms with Crippen molar-refractivity contribution in [3.63, 3.8) is 0 Å². The van der Waals surface area contributed by atoms with Crippen LogP contribution in [0.15, 0.2) is 24.8 Å². The predicted molar refractivity (Wildman–Crippen MR) is 114 cm³/mol. The number of hydrogen-bond acceptors (Lipinski definition) is 7. The van der Waals surface area contributed by atoms with Crippen molar-refractivity contribution in [3.05, 3.63) is 41.9 Å². The summed E-state index contributed by atoms with van der Waals surface area (Å²) in [5, 5.41) is 6.46. The van der Waals surface area contributed by atoms with Crippen LogP contribution in [0.3, 0.4) is 0 Å². The third-order valence-corrected chi connectivity index (χ3v) is 5.74. The molecule has 156 valence electrons. The highest BCUT2D eigenvalue weighted by Crippen LogP contribution is 2.28. The van der Waals surface area contributed by atoms with Crippen molar-refractivity contribution in [2.24, 2.45) is 5.92 Å². The van der Waals surface area contributed by atoms with Crippen molar-refractivity contribution < 1.29 is 4.79 Å². The third kappa shape index (κ3) is 3.97. The van der Waals surface area contributed by atoms with Crippen LogP contribution in [0.5, 0.6) is 0 Å². The number of rotatable bonds is 6. The van der Waals surface area contributed by atoms with E-state index in [4.69, 9.17) is 0 Å². The normalized spacial score (nSPS) is 18.9. The van der Waals surface area contributed by atoms with Gasteiger partial charge in [-0.15, -0.1) is 0 Å². The summed E-state index contributed by atoms with van der Waals surface area (Å²) in [5.74, 6) is 1.82. The summed E-state index contributed by atoms with van der Waals surface area (Å²) < 4.78 is 1.86. The third-order valence-electron chi connectivity index (χ3n) is 5.74. The monoisotopic (exact) mass is 406 g/mol. The summed E-state index contributed by atoms with van der Waals surface area (Å²) in [4.78, 5) is 32.5. The Hall–Kier alpha value is -3.07. The van der Waals surface area contributed by atoms with Gasteiger partial charge in [0.1, 0.15) is 17.3 Å². The van der Waals surface area contributed by atoms with Gasteiger partial charge in [-0.3, -0.25) is 4.79 Å². The van der Waals surface area contributed by atoms with E-state index in [0.717, 1.165) is 54.8 Å². The number of fused-ring (bicyclic) bond motifs is 1. The molecule has 0 unspecified atom stereocenters. The van der Waals surface area contributed by atoms with Gasteiger partial charge in [-0.25, -0.2) is 19.9 Å². The van der Waals surface area contributed by atoms with Gasteiger partial charge in [0.05, 0.1) is 30.0 Å². The minimum absolute atomic E-state index is 0.266. The molecule has 1 saturated carbocycles. The fourth-order valence-corrected chi connectivity index (χ4v) is 3.91. The predicted octanol–water partition coefficient (Wildman–Crippen LogP) is 1.97. The number of aryl methyl sites for hydroxylation is 2. The van der Waals surface area contributed by atoms with Crippen LogP contribution in [0.4, 0.5) is 11.6 Å². The zero-order chi connectivity index (χ0) is 20.7. The lowest BCUT2D eigenvalue weighted by molar-refractivity contribution is 0.102. The quantitative estimate of drug-likeness (QED) is 0.645. The number of imidazole rings is 1. The molecular weight excluding hydrogens is 380 g/mol. The molecule has 30 heavy (non-hydrogen) atoms. The van der Waals surface area contributed by atoms with E-state index in [1.807, 2.05) is 24.4 Å². The molecule has 9 nitrogen and oxygen atoms in total. The molecule has 1 aliphatic carbocycles. The van der Waals surface area contributed by atoms with E-state index in [-0.39, 0.29) is 11.6 Å². The standard InChI is InChI=1S/C21H26N8O/c1-13-10-29-12-18(26-14(2)20(29)25-13)27-21(30)17-8-24-19(9-23-17)28-6-5-16(11-28)22-7-15-3-4-15/h8-10,12,15-16,22H,3-7,11H2,1-2H3,(H,27,30)/t16-/m1/s1. The Morgan fingerprint density at radius 3 is 2.77 bits per heavy atom. The summed E-state index contributed by atoms with van der Waals surface area (Å²) in [6, 6.07) is 0.506. The number of nitrogens with one attached hydrogen (secondary N) is 2. The second-order valence-corrected chi connectivity index (χ2v) is 8.32. The van der Waals surface area contributed by atoms with Crippen molar-refractivity contribution in [1.29, 1.82) is 0 Å². The zero-order valence-corrected chi connectivity index (χ0v) is 17.3. The molecule has 0 spiro atoms. The molecule has 2 fully saturated rings. The topological polar surface area (TPSA) is 100 Å². The number of carbonyl (C=O) groups is 1. The molecule has 2 N–H and O–H groups in total. The highest BCUT2D eigenvalue weighted by atomic mass is 16.2. The molecule has 3 aromatic heterocycles. The number of anilines is 2. The molecule has 2 aliphatic rings. The van der Waals surface area contributed by atoms with Crippen molar-refractivity contribution in [3.8, 4) is 0 Å². The van der Waals surface area contributed by atoms with Crippen LogP contribution in [0.25, 0.3) is 5.65 Å². The number of aromatic nitrogens is 5. The number of hydrogen-bond donors (Lipinski definition) is 2. The molecule has 1 aliphatic heterocycles. The Morgan fingerprint density at radius 2 is 2.00 bits per heavy atom. The van der Waals surface area contributed by atoms with Gasteiger partial charge in [-0.1, -0.05) is 0 Å². The van der Waals surface area contributed by atoms with Crippen LogP contribution >= 0.6 is 0 Å². The van der Waals surface area contributed by atoms with Crippen LogP contribution in [-0.4, -0.2) is 55.9 Å². The first-order valence-electron chi connectivity index (χ1n) is 10.5. The lowest BCUT2D eigenvalue weighted by Crippen LogP contribution is -2.34. The maximum atomic E-state index is 12.6. The van der Waals surface area contributed by atoms with Crippen LogP contribution in [0.2, 0.25) is 0 Å². The smallest absolute Gasteiger partial charge is 0.277 e. The molecule has 1 saturated heterocycles. The second-order valence-electron chi connectivity index (χ2n) is 8.32. The fraction of sp³-hybridized carbons (Fsp3) is 0.476. The van der Waals surface area contributed by atoms with E-state index in [9.17, 15) is 4.79 Å². The molecule has 1 atom stereocenters. The SMILES string of the molecule is Cc1cn2cc(NC(=O)c3cnc(N4CC[C@@H](NCC5CC5)C4)cn3)nc(C)c2n1. The molecule has 0 bridgehead atoms. The maximum absolute atomic E-state index is 12.6. The van der Waals surface area contributed by atoms with Gasteiger partial charge in [0.25, 0.3) is 5.91 Å². The molecule has 0 radical (unpaired) electrons.